The molecule has 0 spiro atoms. The molecule has 0 amide bonds. The van der Waals surface area contributed by atoms with Crippen molar-refractivity contribution < 1.29 is 19.1 Å². The smallest absolute Gasteiger partial charge is 0.150 e. The molecule has 0 unspecified atom stereocenters. The third-order valence-electron chi connectivity index (χ3n) is 2.85. The Morgan fingerprint density at radius 1 is 0.727 bits per heavy atom. The van der Waals surface area contributed by atoms with Crippen LogP contribution in [0.1, 0.15) is 20.7 Å². The van der Waals surface area contributed by atoms with Crippen molar-refractivity contribution >= 4 is 12.6 Å². The molecule has 0 N–H and O–H groups in total. The van der Waals surface area contributed by atoms with Crippen LogP contribution in [0.15, 0.2) is 60.7 Å². The topological polar surface area (TPSA) is 52.6 Å². The summed E-state index contributed by atoms with van der Waals surface area (Å²) >= 11 is 0. The zero-order valence-corrected chi connectivity index (χ0v) is 12.0. The molecule has 0 aliphatic heterocycles. The highest BCUT2D eigenvalue weighted by atomic mass is 16.5. The maximum Gasteiger partial charge on any atom is 0.150 e. The SMILES string of the molecule is O=Cc1cccc(OC/C=C\COc2cccc(C=O)c2)c1. The van der Waals surface area contributed by atoms with Gasteiger partial charge < -0.3 is 9.47 Å². The second-order valence-corrected chi connectivity index (χ2v) is 4.47. The molecule has 0 aromatic heterocycles. The summed E-state index contributed by atoms with van der Waals surface area (Å²) in [5.41, 5.74) is 1.17. The Morgan fingerprint density at radius 3 is 1.59 bits per heavy atom. The summed E-state index contributed by atoms with van der Waals surface area (Å²) < 4.78 is 11.0. The lowest BCUT2D eigenvalue weighted by atomic mass is 10.2. The van der Waals surface area contributed by atoms with Gasteiger partial charge in [-0.3, -0.25) is 9.59 Å². The fourth-order valence-electron chi connectivity index (χ4n) is 1.78. The molecule has 2 aromatic carbocycles. The standard InChI is InChI=1S/C18H16O4/c19-13-15-5-3-7-17(11-15)21-9-1-2-10-22-18-8-4-6-16(12-18)14-20/h1-8,11-14H,9-10H2/b2-1-. The van der Waals surface area contributed by atoms with Crippen molar-refractivity contribution in [2.24, 2.45) is 0 Å². The van der Waals surface area contributed by atoms with Crippen LogP contribution in [-0.4, -0.2) is 25.8 Å². The van der Waals surface area contributed by atoms with Crippen molar-refractivity contribution in [3.63, 3.8) is 0 Å². The molecular weight excluding hydrogens is 280 g/mol. The number of aldehydes is 2. The summed E-state index contributed by atoms with van der Waals surface area (Å²) in [6.07, 6.45) is 5.22. The van der Waals surface area contributed by atoms with Crippen LogP contribution in [0.4, 0.5) is 0 Å². The Morgan fingerprint density at radius 2 is 1.18 bits per heavy atom. The molecule has 112 valence electrons. The number of carbonyl (C=O) groups excluding carboxylic acids is 2. The molecule has 0 bridgehead atoms. The maximum atomic E-state index is 10.6. The van der Waals surface area contributed by atoms with Gasteiger partial charge in [-0.25, -0.2) is 0 Å². The van der Waals surface area contributed by atoms with Gasteiger partial charge >= 0.3 is 0 Å². The van der Waals surface area contributed by atoms with Crippen LogP contribution in [0, 0.1) is 0 Å². The van der Waals surface area contributed by atoms with Crippen LogP contribution in [0.5, 0.6) is 11.5 Å². The van der Waals surface area contributed by atoms with Gasteiger partial charge in [-0.15, -0.1) is 0 Å². The second-order valence-electron chi connectivity index (χ2n) is 4.47. The molecule has 0 saturated heterocycles. The minimum atomic E-state index is 0.389. The third kappa shape index (κ3) is 4.90. The molecule has 2 aromatic rings. The summed E-state index contributed by atoms with van der Waals surface area (Å²) in [7, 11) is 0. The summed E-state index contributed by atoms with van der Waals surface area (Å²) in [5.74, 6) is 1.29. The maximum absolute atomic E-state index is 10.6. The van der Waals surface area contributed by atoms with E-state index in [0.717, 1.165) is 12.6 Å². The van der Waals surface area contributed by atoms with E-state index >= 15 is 0 Å². The van der Waals surface area contributed by atoms with E-state index in [4.69, 9.17) is 9.47 Å². The van der Waals surface area contributed by atoms with Gasteiger partial charge in [0.2, 0.25) is 0 Å². The normalized spacial score (nSPS) is 10.4. The lowest BCUT2D eigenvalue weighted by Gasteiger charge is -2.04. The molecule has 0 radical (unpaired) electrons. The van der Waals surface area contributed by atoms with Gasteiger partial charge in [0.15, 0.2) is 0 Å². The molecule has 0 atom stereocenters. The zero-order chi connectivity index (χ0) is 15.6. The lowest BCUT2D eigenvalue weighted by Crippen LogP contribution is -1.97. The van der Waals surface area contributed by atoms with E-state index in [1.807, 2.05) is 12.2 Å². The predicted molar refractivity (Wildman–Crippen MR) is 83.8 cm³/mol. The first-order chi connectivity index (χ1) is 10.8. The first-order valence-corrected chi connectivity index (χ1v) is 6.83. The Balaban J connectivity index is 1.73. The van der Waals surface area contributed by atoms with Crippen LogP contribution in [0.2, 0.25) is 0 Å². The van der Waals surface area contributed by atoms with E-state index in [9.17, 15) is 9.59 Å². The van der Waals surface area contributed by atoms with E-state index < -0.39 is 0 Å². The molecule has 0 heterocycles. The number of hydrogen-bond acceptors (Lipinski definition) is 4. The number of rotatable bonds is 8. The van der Waals surface area contributed by atoms with E-state index in [-0.39, 0.29) is 0 Å². The van der Waals surface area contributed by atoms with Crippen LogP contribution in [0.25, 0.3) is 0 Å². The minimum Gasteiger partial charge on any atom is -0.490 e. The quantitative estimate of drug-likeness (QED) is 0.554. The monoisotopic (exact) mass is 296 g/mol. The largest absolute Gasteiger partial charge is 0.490 e. The summed E-state index contributed by atoms with van der Waals surface area (Å²) in [6.45, 7) is 0.778. The molecule has 4 heteroatoms. The summed E-state index contributed by atoms with van der Waals surface area (Å²) in [4.78, 5) is 21.3. The summed E-state index contributed by atoms with van der Waals surface area (Å²) in [6, 6.07) is 13.9. The summed E-state index contributed by atoms with van der Waals surface area (Å²) in [5, 5.41) is 0. The van der Waals surface area contributed by atoms with Gasteiger partial charge in [-0.05, 0) is 36.4 Å². The van der Waals surface area contributed by atoms with Crippen molar-refractivity contribution in [3.05, 3.63) is 71.8 Å². The van der Waals surface area contributed by atoms with Gasteiger partial charge in [0.05, 0.1) is 0 Å². The first kappa shape index (κ1) is 15.5. The molecule has 0 fully saturated rings. The number of ether oxygens (including phenoxy) is 2. The van der Waals surface area contributed by atoms with Crippen molar-refractivity contribution in [2.45, 2.75) is 0 Å². The van der Waals surface area contributed by atoms with Gasteiger partial charge in [-0.1, -0.05) is 24.3 Å². The Kier molecular flexibility index (Phi) is 5.93. The molecule has 2 rings (SSSR count). The lowest BCUT2D eigenvalue weighted by molar-refractivity contribution is 0.111. The van der Waals surface area contributed by atoms with Crippen LogP contribution in [-0.2, 0) is 0 Å². The molecule has 22 heavy (non-hydrogen) atoms. The molecule has 0 saturated carbocycles. The average molecular weight is 296 g/mol. The van der Waals surface area contributed by atoms with Gasteiger partial charge in [0, 0.05) is 11.1 Å². The average Bonchev–Trinajstić information content (AvgIpc) is 2.58. The van der Waals surface area contributed by atoms with Crippen molar-refractivity contribution in [1.82, 2.24) is 0 Å². The zero-order valence-electron chi connectivity index (χ0n) is 12.0. The Bertz CT molecular complexity index is 604. The molecule has 0 aliphatic rings. The molecule has 0 aliphatic carbocycles. The van der Waals surface area contributed by atoms with Crippen LogP contribution >= 0.6 is 0 Å². The Hall–Kier alpha value is -2.88. The van der Waals surface area contributed by atoms with E-state index in [1.54, 1.807) is 48.5 Å². The predicted octanol–water partition coefficient (Wildman–Crippen LogP) is 3.33. The first-order valence-electron chi connectivity index (χ1n) is 6.83. The van der Waals surface area contributed by atoms with E-state index in [1.165, 1.54) is 0 Å². The van der Waals surface area contributed by atoms with Crippen molar-refractivity contribution in [2.75, 3.05) is 13.2 Å². The van der Waals surface area contributed by atoms with E-state index in [2.05, 4.69) is 0 Å². The molecular formula is C18H16O4. The highest BCUT2D eigenvalue weighted by Gasteiger charge is 1.95. The van der Waals surface area contributed by atoms with Gasteiger partial charge in [-0.2, -0.15) is 0 Å². The van der Waals surface area contributed by atoms with Gasteiger partial charge in [0.1, 0.15) is 37.3 Å². The van der Waals surface area contributed by atoms with Crippen molar-refractivity contribution in [3.8, 4) is 11.5 Å². The fourth-order valence-corrected chi connectivity index (χ4v) is 1.78. The highest BCUT2D eigenvalue weighted by molar-refractivity contribution is 5.75. The fraction of sp³-hybridized carbons (Fsp3) is 0.111. The van der Waals surface area contributed by atoms with Gasteiger partial charge in [0.25, 0.3) is 0 Å². The minimum absolute atomic E-state index is 0.389. The number of hydrogen-bond donors (Lipinski definition) is 0. The van der Waals surface area contributed by atoms with Crippen LogP contribution < -0.4 is 9.47 Å². The number of carbonyl (C=O) groups is 2. The van der Waals surface area contributed by atoms with E-state index in [0.29, 0.717) is 35.8 Å². The number of benzene rings is 2. The third-order valence-corrected chi connectivity index (χ3v) is 2.85. The van der Waals surface area contributed by atoms with Crippen LogP contribution in [0.3, 0.4) is 0 Å². The molecule has 4 nitrogen and oxygen atoms in total. The Labute approximate surface area is 129 Å². The van der Waals surface area contributed by atoms with Crippen molar-refractivity contribution in [1.29, 1.82) is 0 Å². The highest BCUT2D eigenvalue weighted by Crippen LogP contribution is 2.13. The second kappa shape index (κ2) is 8.42.